The van der Waals surface area contributed by atoms with Gasteiger partial charge in [-0.1, -0.05) is 25.4 Å². The number of hydrogen-bond acceptors (Lipinski definition) is 3. The van der Waals surface area contributed by atoms with Gasteiger partial charge in [-0.2, -0.15) is 0 Å². The molecule has 2 rings (SSSR count). The summed E-state index contributed by atoms with van der Waals surface area (Å²) < 4.78 is 10.8. The second-order valence-corrected chi connectivity index (χ2v) is 4.67. The van der Waals surface area contributed by atoms with Crippen LogP contribution in [-0.4, -0.2) is 18.4 Å². The van der Waals surface area contributed by atoms with Gasteiger partial charge >= 0.3 is 0 Å². The Bertz CT molecular complexity index is 328. The number of aryl methyl sites for hydroxylation is 1. The molecule has 3 heteroatoms. The molecule has 1 aliphatic heterocycles. The van der Waals surface area contributed by atoms with E-state index in [0.717, 1.165) is 24.7 Å². The minimum Gasteiger partial charge on any atom is -0.379 e. The van der Waals surface area contributed by atoms with Gasteiger partial charge in [0, 0.05) is 6.07 Å². The first-order valence-corrected chi connectivity index (χ1v) is 5.70. The fourth-order valence-electron chi connectivity index (χ4n) is 2.30. The normalized spacial score (nSPS) is 21.0. The van der Waals surface area contributed by atoms with E-state index in [1.807, 2.05) is 6.92 Å². The van der Waals surface area contributed by atoms with Crippen molar-refractivity contribution >= 4 is 0 Å². The summed E-state index contributed by atoms with van der Waals surface area (Å²) in [6.45, 7) is 8.02. The molecule has 84 valence electrons. The van der Waals surface area contributed by atoms with Crippen molar-refractivity contribution in [3.8, 4) is 0 Å². The van der Waals surface area contributed by atoms with Gasteiger partial charge in [-0.05, 0) is 19.3 Å². The van der Waals surface area contributed by atoms with Gasteiger partial charge in [-0.3, -0.25) is 0 Å². The molecule has 0 aliphatic carbocycles. The third-order valence-corrected chi connectivity index (χ3v) is 3.50. The van der Waals surface area contributed by atoms with E-state index in [9.17, 15) is 0 Å². The Balaban J connectivity index is 2.21. The van der Waals surface area contributed by atoms with Crippen molar-refractivity contribution in [3.05, 3.63) is 17.5 Å². The molecule has 0 amide bonds. The first-order chi connectivity index (χ1) is 7.19. The summed E-state index contributed by atoms with van der Waals surface area (Å²) in [6.07, 6.45) is 2.42. The molecule has 1 aromatic rings. The number of hydrogen-bond donors (Lipinski definition) is 0. The zero-order valence-corrected chi connectivity index (χ0v) is 9.75. The van der Waals surface area contributed by atoms with E-state index in [1.54, 1.807) is 0 Å². The average molecular weight is 209 g/mol. The van der Waals surface area contributed by atoms with E-state index in [1.165, 1.54) is 12.8 Å². The van der Waals surface area contributed by atoms with E-state index in [0.29, 0.717) is 5.92 Å². The molecule has 3 nitrogen and oxygen atoms in total. The van der Waals surface area contributed by atoms with Crippen molar-refractivity contribution in [1.29, 1.82) is 0 Å². The predicted octanol–water partition coefficient (Wildman–Crippen LogP) is 2.69. The lowest BCUT2D eigenvalue weighted by molar-refractivity contribution is -0.101. The van der Waals surface area contributed by atoms with Crippen LogP contribution < -0.4 is 0 Å². The largest absolute Gasteiger partial charge is 0.379 e. The minimum absolute atomic E-state index is 0.0945. The fourth-order valence-corrected chi connectivity index (χ4v) is 2.30. The average Bonchev–Trinajstić information content (AvgIpc) is 2.51. The SMILES string of the molecule is CCCC(C)C1(c2cc(C)no2)COC1. The molecule has 1 atom stereocenters. The molecule has 0 spiro atoms. The highest BCUT2D eigenvalue weighted by Gasteiger charge is 2.47. The highest BCUT2D eigenvalue weighted by atomic mass is 16.5. The van der Waals surface area contributed by atoms with Gasteiger partial charge in [0.05, 0.1) is 24.3 Å². The van der Waals surface area contributed by atoms with Gasteiger partial charge in [0.25, 0.3) is 0 Å². The van der Waals surface area contributed by atoms with Gasteiger partial charge < -0.3 is 9.26 Å². The summed E-state index contributed by atoms with van der Waals surface area (Å²) in [5, 5.41) is 3.98. The quantitative estimate of drug-likeness (QED) is 0.764. The molecule has 1 saturated heterocycles. The van der Waals surface area contributed by atoms with Crippen molar-refractivity contribution in [2.45, 2.75) is 39.0 Å². The maximum atomic E-state index is 5.41. The molecule has 0 bridgehead atoms. The lowest BCUT2D eigenvalue weighted by Crippen LogP contribution is -2.51. The smallest absolute Gasteiger partial charge is 0.148 e. The molecule has 1 aliphatic rings. The number of ether oxygens (including phenoxy) is 1. The standard InChI is InChI=1S/C12H19NO2/c1-4-5-9(2)12(7-14-8-12)11-6-10(3)13-15-11/h6,9H,4-5,7-8H2,1-3H3. The topological polar surface area (TPSA) is 35.3 Å². The molecule has 1 aromatic heterocycles. The third kappa shape index (κ3) is 1.69. The first-order valence-electron chi connectivity index (χ1n) is 5.70. The molecule has 15 heavy (non-hydrogen) atoms. The van der Waals surface area contributed by atoms with Crippen LogP contribution in [-0.2, 0) is 10.2 Å². The van der Waals surface area contributed by atoms with Gasteiger partial charge in [0.2, 0.25) is 0 Å². The maximum Gasteiger partial charge on any atom is 0.148 e. The van der Waals surface area contributed by atoms with E-state index in [4.69, 9.17) is 9.26 Å². The van der Waals surface area contributed by atoms with Crippen molar-refractivity contribution in [3.63, 3.8) is 0 Å². The molecule has 1 unspecified atom stereocenters. The van der Waals surface area contributed by atoms with E-state index in [2.05, 4.69) is 25.1 Å². The summed E-state index contributed by atoms with van der Waals surface area (Å²) in [6, 6.07) is 2.05. The number of rotatable bonds is 4. The van der Waals surface area contributed by atoms with Crippen molar-refractivity contribution in [2.24, 2.45) is 5.92 Å². The molecule has 1 fully saturated rings. The maximum absolute atomic E-state index is 5.41. The van der Waals surface area contributed by atoms with Crippen molar-refractivity contribution < 1.29 is 9.26 Å². The Morgan fingerprint density at radius 2 is 2.27 bits per heavy atom. The summed E-state index contributed by atoms with van der Waals surface area (Å²) in [4.78, 5) is 0. The summed E-state index contributed by atoms with van der Waals surface area (Å²) >= 11 is 0. The number of nitrogens with zero attached hydrogens (tertiary/aromatic N) is 1. The van der Waals surface area contributed by atoms with E-state index in [-0.39, 0.29) is 5.41 Å². The van der Waals surface area contributed by atoms with Gasteiger partial charge in [-0.25, -0.2) is 0 Å². The predicted molar refractivity (Wildman–Crippen MR) is 57.8 cm³/mol. The summed E-state index contributed by atoms with van der Waals surface area (Å²) in [5.41, 5.74) is 1.05. The van der Waals surface area contributed by atoms with Crippen molar-refractivity contribution in [2.75, 3.05) is 13.2 Å². The van der Waals surface area contributed by atoms with Crippen LogP contribution in [0.25, 0.3) is 0 Å². The van der Waals surface area contributed by atoms with Crippen molar-refractivity contribution in [1.82, 2.24) is 5.16 Å². The van der Waals surface area contributed by atoms with Crippen LogP contribution in [0.3, 0.4) is 0 Å². The van der Waals surface area contributed by atoms with Crippen LogP contribution in [0.15, 0.2) is 10.6 Å². The zero-order chi connectivity index (χ0) is 10.9. The summed E-state index contributed by atoms with van der Waals surface area (Å²) in [5.74, 6) is 1.61. The number of aromatic nitrogens is 1. The Kier molecular flexibility index (Phi) is 2.83. The zero-order valence-electron chi connectivity index (χ0n) is 9.75. The van der Waals surface area contributed by atoms with Crippen LogP contribution in [0.4, 0.5) is 0 Å². The highest BCUT2D eigenvalue weighted by molar-refractivity contribution is 5.20. The van der Waals surface area contributed by atoms with Crippen LogP contribution >= 0.6 is 0 Å². The highest BCUT2D eigenvalue weighted by Crippen LogP contribution is 2.41. The lowest BCUT2D eigenvalue weighted by Gasteiger charge is -2.44. The molecule has 0 aromatic carbocycles. The lowest BCUT2D eigenvalue weighted by atomic mass is 9.71. The van der Waals surface area contributed by atoms with Gasteiger partial charge in [0.1, 0.15) is 5.76 Å². The molecular weight excluding hydrogens is 190 g/mol. The molecule has 0 radical (unpaired) electrons. The monoisotopic (exact) mass is 209 g/mol. The minimum atomic E-state index is 0.0945. The molecule has 2 heterocycles. The summed E-state index contributed by atoms with van der Waals surface area (Å²) in [7, 11) is 0. The van der Waals surface area contributed by atoms with Gasteiger partial charge in [0.15, 0.2) is 0 Å². The second-order valence-electron chi connectivity index (χ2n) is 4.67. The Morgan fingerprint density at radius 1 is 1.53 bits per heavy atom. The Morgan fingerprint density at radius 3 is 2.67 bits per heavy atom. The van der Waals surface area contributed by atoms with E-state index < -0.39 is 0 Å². The Hall–Kier alpha value is -0.830. The second kappa shape index (κ2) is 3.97. The third-order valence-electron chi connectivity index (χ3n) is 3.50. The molecule has 0 N–H and O–H groups in total. The fraction of sp³-hybridized carbons (Fsp3) is 0.750. The first kappa shape index (κ1) is 10.7. The van der Waals surface area contributed by atoms with E-state index >= 15 is 0 Å². The van der Waals surface area contributed by atoms with Crippen LogP contribution in [0.5, 0.6) is 0 Å². The van der Waals surface area contributed by atoms with Crippen LogP contribution in [0.2, 0.25) is 0 Å². The van der Waals surface area contributed by atoms with Gasteiger partial charge in [-0.15, -0.1) is 0 Å². The Labute approximate surface area is 90.8 Å². The van der Waals surface area contributed by atoms with Crippen LogP contribution in [0, 0.1) is 12.8 Å². The van der Waals surface area contributed by atoms with Crippen LogP contribution in [0.1, 0.15) is 38.1 Å². The molecular formula is C12H19NO2. The molecule has 0 saturated carbocycles.